The van der Waals surface area contributed by atoms with Gasteiger partial charge < -0.3 is 9.47 Å². The van der Waals surface area contributed by atoms with Crippen LogP contribution in [0, 0.1) is 5.82 Å². The van der Waals surface area contributed by atoms with Gasteiger partial charge in [-0.3, -0.25) is 0 Å². The molecule has 0 aromatic heterocycles. The summed E-state index contributed by atoms with van der Waals surface area (Å²) >= 11 is 3.44. The molecule has 4 heteroatoms. The molecule has 1 aliphatic heterocycles. The minimum Gasteiger partial charge on any atom is -0.376 e. The molecule has 2 rings (SSSR count). The monoisotopic (exact) mass is 330 g/mol. The van der Waals surface area contributed by atoms with Crippen molar-refractivity contribution in [3.63, 3.8) is 0 Å². The number of ether oxygens (including phenoxy) is 2. The molecule has 0 amide bonds. The van der Waals surface area contributed by atoms with Crippen LogP contribution in [0.2, 0.25) is 0 Å². The maximum Gasteiger partial charge on any atom is 0.129 e. The van der Waals surface area contributed by atoms with Gasteiger partial charge in [-0.15, -0.1) is 0 Å². The van der Waals surface area contributed by atoms with E-state index in [0.29, 0.717) is 17.5 Å². The molecule has 0 aliphatic carbocycles. The molecule has 1 aromatic rings. The van der Waals surface area contributed by atoms with E-state index >= 15 is 0 Å². The summed E-state index contributed by atoms with van der Waals surface area (Å²) in [4.78, 5) is 0. The minimum absolute atomic E-state index is 0.138. The molecule has 1 fully saturated rings. The second kappa shape index (κ2) is 6.82. The smallest absolute Gasteiger partial charge is 0.129 e. The summed E-state index contributed by atoms with van der Waals surface area (Å²) < 4.78 is 25.5. The van der Waals surface area contributed by atoms with Gasteiger partial charge in [0, 0.05) is 17.5 Å². The van der Waals surface area contributed by atoms with Crippen molar-refractivity contribution in [2.45, 2.75) is 37.9 Å². The zero-order valence-electron chi connectivity index (χ0n) is 11.2. The van der Waals surface area contributed by atoms with Gasteiger partial charge in [0.05, 0.1) is 12.7 Å². The molecular weight excluding hydrogens is 311 g/mol. The fourth-order valence-electron chi connectivity index (χ4n) is 2.29. The van der Waals surface area contributed by atoms with Crippen LogP contribution in [0.3, 0.4) is 0 Å². The lowest BCUT2D eigenvalue weighted by molar-refractivity contribution is -0.0947. The molecule has 2 nitrogen and oxygen atoms in total. The van der Waals surface area contributed by atoms with Crippen LogP contribution in [0.25, 0.3) is 0 Å². The molecule has 0 spiro atoms. The summed E-state index contributed by atoms with van der Waals surface area (Å²) in [6.07, 6.45) is 3.47. The first-order valence-corrected chi connectivity index (χ1v) is 7.84. The van der Waals surface area contributed by atoms with Gasteiger partial charge in [-0.1, -0.05) is 34.1 Å². The quantitative estimate of drug-likeness (QED) is 0.759. The van der Waals surface area contributed by atoms with Crippen molar-refractivity contribution in [3.05, 3.63) is 35.6 Å². The molecule has 19 heavy (non-hydrogen) atoms. The summed E-state index contributed by atoms with van der Waals surface area (Å²) in [5, 5.41) is 0.549. The highest BCUT2D eigenvalue weighted by Crippen LogP contribution is 2.30. The van der Waals surface area contributed by atoms with E-state index in [9.17, 15) is 4.39 Å². The van der Waals surface area contributed by atoms with Crippen LogP contribution in [-0.2, 0) is 15.1 Å². The molecule has 1 aliphatic rings. The number of benzene rings is 1. The highest BCUT2D eigenvalue weighted by Gasteiger charge is 2.30. The zero-order chi connectivity index (χ0) is 13.7. The third-order valence-electron chi connectivity index (χ3n) is 3.56. The molecule has 0 bridgehead atoms. The summed E-state index contributed by atoms with van der Waals surface area (Å²) in [6, 6.07) is 6.77. The van der Waals surface area contributed by atoms with Crippen molar-refractivity contribution < 1.29 is 13.9 Å². The second-order valence-corrected chi connectivity index (χ2v) is 5.70. The van der Waals surface area contributed by atoms with Gasteiger partial charge in [-0.2, -0.15) is 0 Å². The molecule has 106 valence electrons. The Bertz CT molecular complexity index is 407. The Morgan fingerprint density at radius 3 is 2.84 bits per heavy atom. The van der Waals surface area contributed by atoms with Crippen LogP contribution >= 0.6 is 15.9 Å². The first kappa shape index (κ1) is 14.9. The summed E-state index contributed by atoms with van der Waals surface area (Å²) in [6.45, 7) is 3.22. The number of hydrogen-bond donors (Lipinski definition) is 0. The highest BCUT2D eigenvalue weighted by atomic mass is 79.9. The Labute approximate surface area is 122 Å². The van der Waals surface area contributed by atoms with Crippen LogP contribution in [0.1, 0.15) is 31.7 Å². The van der Waals surface area contributed by atoms with E-state index in [1.807, 2.05) is 13.0 Å². The average molecular weight is 331 g/mol. The molecule has 1 aromatic carbocycles. The Hall–Kier alpha value is -0.450. The molecule has 0 radical (unpaired) electrons. The normalized spacial score (nSPS) is 23.0. The summed E-state index contributed by atoms with van der Waals surface area (Å²) in [7, 11) is 0. The van der Waals surface area contributed by atoms with Gasteiger partial charge in [-0.05, 0) is 32.3 Å². The van der Waals surface area contributed by atoms with E-state index in [2.05, 4.69) is 15.9 Å². The summed E-state index contributed by atoms with van der Waals surface area (Å²) in [5.41, 5.74) is -0.0747. The van der Waals surface area contributed by atoms with E-state index < -0.39 is 5.60 Å². The molecule has 0 N–H and O–H groups in total. The van der Waals surface area contributed by atoms with Crippen LogP contribution in [0.4, 0.5) is 4.39 Å². The van der Waals surface area contributed by atoms with E-state index in [1.165, 1.54) is 12.5 Å². The van der Waals surface area contributed by atoms with Crippen LogP contribution in [0.5, 0.6) is 0 Å². The SMILES string of the molecule is CC(CBr)(OCC1CCCCO1)c1ccccc1F. The minimum atomic E-state index is -0.661. The Morgan fingerprint density at radius 2 is 2.21 bits per heavy atom. The lowest BCUT2D eigenvalue weighted by Crippen LogP contribution is -2.34. The van der Waals surface area contributed by atoms with E-state index in [1.54, 1.807) is 12.1 Å². The maximum absolute atomic E-state index is 13.9. The zero-order valence-corrected chi connectivity index (χ0v) is 12.8. The predicted molar refractivity (Wildman–Crippen MR) is 77.1 cm³/mol. The van der Waals surface area contributed by atoms with Gasteiger partial charge >= 0.3 is 0 Å². The molecule has 2 unspecified atom stereocenters. The lowest BCUT2D eigenvalue weighted by atomic mass is 9.97. The van der Waals surface area contributed by atoms with E-state index in [-0.39, 0.29) is 11.9 Å². The van der Waals surface area contributed by atoms with Gasteiger partial charge in [0.1, 0.15) is 11.4 Å². The predicted octanol–water partition coefficient (Wildman–Crippen LogP) is 4.02. The standard InChI is InChI=1S/C15H20BrFO2/c1-15(11-16,13-7-2-3-8-14(13)17)19-10-12-6-4-5-9-18-12/h2-3,7-8,12H,4-6,9-11H2,1H3. The van der Waals surface area contributed by atoms with Crippen molar-refractivity contribution in [2.24, 2.45) is 0 Å². The van der Waals surface area contributed by atoms with Crippen molar-refractivity contribution in [1.82, 2.24) is 0 Å². The number of hydrogen-bond acceptors (Lipinski definition) is 2. The molecule has 2 atom stereocenters. The summed E-state index contributed by atoms with van der Waals surface area (Å²) in [5.74, 6) is -0.228. The van der Waals surface area contributed by atoms with Crippen molar-refractivity contribution in [1.29, 1.82) is 0 Å². The highest BCUT2D eigenvalue weighted by molar-refractivity contribution is 9.09. The third kappa shape index (κ3) is 3.77. The van der Waals surface area contributed by atoms with E-state index in [0.717, 1.165) is 19.4 Å². The fourth-order valence-corrected chi connectivity index (χ4v) is 2.76. The van der Waals surface area contributed by atoms with Gasteiger partial charge in [0.2, 0.25) is 0 Å². The average Bonchev–Trinajstić information content (AvgIpc) is 2.46. The second-order valence-electron chi connectivity index (χ2n) is 5.14. The van der Waals surface area contributed by atoms with Crippen LogP contribution in [-0.4, -0.2) is 24.6 Å². The lowest BCUT2D eigenvalue weighted by Gasteiger charge is -2.32. The number of halogens is 2. The largest absolute Gasteiger partial charge is 0.376 e. The Balaban J connectivity index is 2.03. The van der Waals surface area contributed by atoms with Gasteiger partial charge in [0.15, 0.2) is 0 Å². The molecular formula is C15H20BrFO2. The van der Waals surface area contributed by atoms with Gasteiger partial charge in [-0.25, -0.2) is 4.39 Å². The van der Waals surface area contributed by atoms with Crippen molar-refractivity contribution in [2.75, 3.05) is 18.5 Å². The van der Waals surface area contributed by atoms with E-state index in [4.69, 9.17) is 9.47 Å². The topological polar surface area (TPSA) is 18.5 Å². The molecule has 1 saturated heterocycles. The van der Waals surface area contributed by atoms with Crippen molar-refractivity contribution >= 4 is 15.9 Å². The fraction of sp³-hybridized carbons (Fsp3) is 0.600. The first-order chi connectivity index (χ1) is 9.15. The third-order valence-corrected chi connectivity index (χ3v) is 4.63. The number of alkyl halides is 1. The maximum atomic E-state index is 13.9. The number of rotatable bonds is 5. The van der Waals surface area contributed by atoms with Crippen molar-refractivity contribution in [3.8, 4) is 0 Å². The van der Waals surface area contributed by atoms with Crippen LogP contribution < -0.4 is 0 Å². The van der Waals surface area contributed by atoms with Crippen LogP contribution in [0.15, 0.2) is 24.3 Å². The van der Waals surface area contributed by atoms with Gasteiger partial charge in [0.25, 0.3) is 0 Å². The Kier molecular flexibility index (Phi) is 5.37. The molecule has 0 saturated carbocycles. The molecule has 1 heterocycles. The Morgan fingerprint density at radius 1 is 1.42 bits per heavy atom. The first-order valence-electron chi connectivity index (χ1n) is 6.72.